The number of hydrogen-bond acceptors (Lipinski definition) is 11. The molecule has 1 aromatic carbocycles. The third-order valence-corrected chi connectivity index (χ3v) is 5.29. The van der Waals surface area contributed by atoms with E-state index in [2.05, 4.69) is 46.1 Å². The first kappa shape index (κ1) is 21.4. The summed E-state index contributed by atoms with van der Waals surface area (Å²) in [5.41, 5.74) is 3.43. The first-order valence-electron chi connectivity index (χ1n) is 10.6. The number of rotatable bonds is 7. The molecule has 3 aromatic heterocycles. The minimum absolute atomic E-state index is 0.0745. The molecule has 4 aromatic rings. The fraction of sp³-hybridized carbons (Fsp3) is 0.227. The smallest absolute Gasteiger partial charge is 0.253 e. The van der Waals surface area contributed by atoms with E-state index in [1.807, 2.05) is 6.07 Å². The van der Waals surface area contributed by atoms with Crippen LogP contribution in [0.1, 0.15) is 33.5 Å². The third kappa shape index (κ3) is 4.38. The molecular formula is C22H21N9O3. The highest BCUT2D eigenvalue weighted by atomic mass is 16.4. The van der Waals surface area contributed by atoms with Crippen molar-refractivity contribution in [2.45, 2.75) is 19.4 Å². The van der Waals surface area contributed by atoms with Crippen LogP contribution in [0.4, 0.5) is 17.5 Å². The molecule has 4 heterocycles. The van der Waals surface area contributed by atoms with Crippen molar-refractivity contribution < 1.29 is 14.3 Å². The van der Waals surface area contributed by atoms with E-state index in [1.54, 1.807) is 37.5 Å². The van der Waals surface area contributed by atoms with Gasteiger partial charge in [-0.3, -0.25) is 4.79 Å². The summed E-state index contributed by atoms with van der Waals surface area (Å²) >= 11 is 0. The third-order valence-electron chi connectivity index (χ3n) is 5.29. The normalized spacial score (nSPS) is 13.6. The van der Waals surface area contributed by atoms with Gasteiger partial charge in [0.2, 0.25) is 11.8 Å². The van der Waals surface area contributed by atoms with Gasteiger partial charge in [0.05, 0.1) is 23.9 Å². The van der Waals surface area contributed by atoms with Crippen LogP contribution in [0.3, 0.4) is 0 Å². The molecule has 12 nitrogen and oxygen atoms in total. The van der Waals surface area contributed by atoms with Crippen LogP contribution in [0.2, 0.25) is 0 Å². The van der Waals surface area contributed by atoms with Crippen molar-refractivity contribution in [3.63, 3.8) is 0 Å². The Hall–Kier alpha value is -4.45. The maximum atomic E-state index is 12.0. The summed E-state index contributed by atoms with van der Waals surface area (Å²) in [5.74, 6) is 1.24. The molecule has 0 saturated carbocycles. The minimum Gasteiger partial charge on any atom is -0.421 e. The summed E-state index contributed by atoms with van der Waals surface area (Å²) in [7, 11) is 0. The number of fused-ring (bicyclic) bond motifs is 1. The molecule has 5 rings (SSSR count). The van der Waals surface area contributed by atoms with Gasteiger partial charge < -0.3 is 25.5 Å². The average Bonchev–Trinajstić information content (AvgIpc) is 3.29. The van der Waals surface area contributed by atoms with Gasteiger partial charge in [0.1, 0.15) is 12.1 Å². The summed E-state index contributed by atoms with van der Waals surface area (Å²) in [6, 6.07) is 6.63. The molecule has 34 heavy (non-hydrogen) atoms. The molecule has 0 radical (unpaired) electrons. The molecule has 12 heteroatoms. The molecule has 0 fully saturated rings. The molecule has 1 atom stereocenters. The van der Waals surface area contributed by atoms with Crippen molar-refractivity contribution in [1.29, 1.82) is 0 Å². The van der Waals surface area contributed by atoms with Crippen molar-refractivity contribution in [3.05, 3.63) is 65.7 Å². The largest absolute Gasteiger partial charge is 0.421 e. The highest BCUT2D eigenvalue weighted by molar-refractivity contribution is 5.97. The zero-order valence-electron chi connectivity index (χ0n) is 18.2. The van der Waals surface area contributed by atoms with Gasteiger partial charge in [0, 0.05) is 37.1 Å². The van der Waals surface area contributed by atoms with Gasteiger partial charge >= 0.3 is 0 Å². The maximum Gasteiger partial charge on any atom is 0.253 e. The predicted octanol–water partition coefficient (Wildman–Crippen LogP) is 1.80. The number of carbonyl (C=O) groups excluding carboxylic acids is 1. The Labute approximate surface area is 193 Å². The molecule has 1 unspecified atom stereocenters. The van der Waals surface area contributed by atoms with Crippen LogP contribution in [0.5, 0.6) is 0 Å². The fourth-order valence-corrected chi connectivity index (χ4v) is 3.63. The van der Waals surface area contributed by atoms with Crippen molar-refractivity contribution in [2.24, 2.45) is 0 Å². The topological polar surface area (TPSA) is 164 Å². The van der Waals surface area contributed by atoms with E-state index in [-0.39, 0.29) is 18.4 Å². The lowest BCUT2D eigenvalue weighted by atomic mass is 10.00. The van der Waals surface area contributed by atoms with Gasteiger partial charge in [0.25, 0.3) is 11.8 Å². The van der Waals surface area contributed by atoms with E-state index < -0.39 is 6.04 Å². The average molecular weight is 459 g/mol. The number of amides is 1. The number of nitrogens with one attached hydrogen (secondary N) is 3. The molecule has 0 saturated heterocycles. The number of anilines is 3. The molecule has 0 aliphatic carbocycles. The van der Waals surface area contributed by atoms with Crippen molar-refractivity contribution >= 4 is 23.4 Å². The highest BCUT2D eigenvalue weighted by Crippen LogP contribution is 2.29. The Morgan fingerprint density at radius 3 is 2.88 bits per heavy atom. The van der Waals surface area contributed by atoms with Crippen molar-refractivity contribution in [3.8, 4) is 11.5 Å². The number of aliphatic hydroxyl groups excluding tert-OH is 1. The van der Waals surface area contributed by atoms with Crippen LogP contribution in [0.25, 0.3) is 11.5 Å². The number of benzene rings is 1. The Morgan fingerprint density at radius 1 is 1.21 bits per heavy atom. The van der Waals surface area contributed by atoms with Gasteiger partial charge in [0.15, 0.2) is 0 Å². The van der Waals surface area contributed by atoms with Crippen molar-refractivity contribution in [1.82, 2.24) is 35.5 Å². The Balaban J connectivity index is 1.48. The van der Waals surface area contributed by atoms with Crippen molar-refractivity contribution in [2.75, 3.05) is 23.8 Å². The second kappa shape index (κ2) is 9.19. The minimum atomic E-state index is -0.559. The summed E-state index contributed by atoms with van der Waals surface area (Å²) < 4.78 is 5.57. The summed E-state index contributed by atoms with van der Waals surface area (Å²) in [6.45, 7) is 2.05. The van der Waals surface area contributed by atoms with Crippen LogP contribution in [-0.2, 0) is 6.42 Å². The first-order chi connectivity index (χ1) is 16.6. The number of aryl methyl sites for hydroxylation is 1. The van der Waals surface area contributed by atoms with Gasteiger partial charge in [-0.05, 0) is 36.2 Å². The monoisotopic (exact) mass is 459 g/mol. The quantitative estimate of drug-likeness (QED) is 0.318. The van der Waals surface area contributed by atoms with E-state index >= 15 is 0 Å². The SMILES string of the molecule is Cc1nnc(-c2cnc(Nc3ccc4c(c3)CCNC4=O)nc2NC(CO)c2ccncn2)o1. The summed E-state index contributed by atoms with van der Waals surface area (Å²) in [5, 5.41) is 27.1. The zero-order valence-corrected chi connectivity index (χ0v) is 18.2. The second-order valence-electron chi connectivity index (χ2n) is 7.60. The maximum absolute atomic E-state index is 12.0. The van der Waals surface area contributed by atoms with E-state index in [1.165, 1.54) is 6.33 Å². The van der Waals surface area contributed by atoms with Gasteiger partial charge in [-0.25, -0.2) is 15.0 Å². The number of nitrogens with zero attached hydrogens (tertiary/aromatic N) is 6. The molecule has 4 N–H and O–H groups in total. The van der Waals surface area contributed by atoms with E-state index in [0.29, 0.717) is 41.0 Å². The Morgan fingerprint density at radius 2 is 2.12 bits per heavy atom. The van der Waals surface area contributed by atoms with Gasteiger partial charge in [-0.2, -0.15) is 4.98 Å². The lowest BCUT2D eigenvalue weighted by Crippen LogP contribution is -2.31. The molecule has 172 valence electrons. The van der Waals surface area contributed by atoms with Crippen LogP contribution in [-0.4, -0.2) is 54.3 Å². The van der Waals surface area contributed by atoms with Crippen LogP contribution in [0, 0.1) is 6.92 Å². The van der Waals surface area contributed by atoms with Crippen LogP contribution in [0.15, 0.2) is 47.4 Å². The van der Waals surface area contributed by atoms with E-state index in [0.717, 1.165) is 17.7 Å². The molecule has 0 bridgehead atoms. The molecule has 0 spiro atoms. The molecular weight excluding hydrogens is 438 g/mol. The molecule has 1 aliphatic rings. The summed E-state index contributed by atoms with van der Waals surface area (Å²) in [4.78, 5) is 29.1. The number of aromatic nitrogens is 6. The van der Waals surface area contributed by atoms with E-state index in [4.69, 9.17) is 4.42 Å². The van der Waals surface area contributed by atoms with Gasteiger partial charge in [-0.1, -0.05) is 0 Å². The Bertz CT molecular complexity index is 1330. The molecule has 1 aliphatic heterocycles. The fourth-order valence-electron chi connectivity index (χ4n) is 3.63. The number of carbonyl (C=O) groups is 1. The number of aliphatic hydroxyl groups is 1. The highest BCUT2D eigenvalue weighted by Gasteiger charge is 2.21. The van der Waals surface area contributed by atoms with Crippen LogP contribution >= 0.6 is 0 Å². The van der Waals surface area contributed by atoms with Gasteiger partial charge in [-0.15, -0.1) is 10.2 Å². The standard InChI is InChI=1S/C22H21N9O3/c1-12-30-31-21(34-12)16-9-25-22(27-14-2-3-15-13(8-14)4-7-24-20(15)33)29-19(16)28-18(10-32)17-5-6-23-11-26-17/h2-3,5-6,8-9,11,18,32H,4,7,10H2,1H3,(H,24,33)(H2,25,27,28,29). The summed E-state index contributed by atoms with van der Waals surface area (Å²) in [6.07, 6.45) is 5.31. The predicted molar refractivity (Wildman–Crippen MR) is 121 cm³/mol. The lowest BCUT2D eigenvalue weighted by molar-refractivity contribution is 0.0946. The second-order valence-corrected chi connectivity index (χ2v) is 7.60. The Kier molecular flexibility index (Phi) is 5.79. The first-order valence-corrected chi connectivity index (χ1v) is 10.6. The number of hydrogen-bond donors (Lipinski definition) is 4. The van der Waals surface area contributed by atoms with E-state index in [9.17, 15) is 9.90 Å². The lowest BCUT2D eigenvalue weighted by Gasteiger charge is -2.19. The van der Waals surface area contributed by atoms with Crippen LogP contribution < -0.4 is 16.0 Å². The molecule has 1 amide bonds. The zero-order chi connectivity index (χ0) is 23.5.